The monoisotopic (exact) mass is 339 g/mol. The lowest BCUT2D eigenvalue weighted by Gasteiger charge is -2.36. The second-order valence-corrected chi connectivity index (χ2v) is 5.80. The number of nitrogens with zero attached hydrogens (tertiary/aromatic N) is 2. The smallest absolute Gasteiger partial charge is 0.275 e. The van der Waals surface area contributed by atoms with Gasteiger partial charge in [0.1, 0.15) is 5.82 Å². The number of nitrogens with two attached hydrogens (primary N) is 1. The van der Waals surface area contributed by atoms with Crippen LogP contribution in [0.1, 0.15) is 25.5 Å². The van der Waals surface area contributed by atoms with Gasteiger partial charge in [-0.25, -0.2) is 4.98 Å². The Morgan fingerprint density at radius 3 is 2.36 bits per heavy atom. The molecule has 1 aliphatic rings. The summed E-state index contributed by atoms with van der Waals surface area (Å²) in [6.07, 6.45) is -0.972. The molecule has 1 amide bonds. The van der Waals surface area contributed by atoms with Gasteiger partial charge in [0.05, 0.1) is 0 Å². The number of hydrogen-bond donors (Lipinski definition) is 1. The molecule has 0 saturated carbocycles. The standard InChI is InChI=1S/C18H17N3O4/c1-10(22)15(11(2)23)21-17-13(8-9-14(19)20-17)25-16(18(21)24)12-6-4-3-5-7-12/h3-9,15-16H,1-2H3,(H2,19,20). The Hall–Kier alpha value is -3.22. The van der Waals surface area contributed by atoms with Crippen molar-refractivity contribution in [1.29, 1.82) is 0 Å². The molecule has 0 saturated heterocycles. The maximum atomic E-state index is 13.1. The summed E-state index contributed by atoms with van der Waals surface area (Å²) in [6, 6.07) is 10.7. The normalized spacial score (nSPS) is 16.4. The number of Topliss-reactive ketones (excluding diaryl/α,β-unsaturated/α-hetero) is 2. The highest BCUT2D eigenvalue weighted by atomic mass is 16.5. The molecule has 1 atom stereocenters. The molecular formula is C18H17N3O4. The van der Waals surface area contributed by atoms with Crippen LogP contribution >= 0.6 is 0 Å². The van der Waals surface area contributed by atoms with Crippen LogP contribution in [0.15, 0.2) is 42.5 Å². The summed E-state index contributed by atoms with van der Waals surface area (Å²) >= 11 is 0. The molecule has 7 heteroatoms. The van der Waals surface area contributed by atoms with Crippen LogP contribution in [0, 0.1) is 0 Å². The fourth-order valence-corrected chi connectivity index (χ4v) is 2.86. The molecular weight excluding hydrogens is 322 g/mol. The number of amides is 1. The molecule has 0 bridgehead atoms. The molecule has 7 nitrogen and oxygen atoms in total. The fourth-order valence-electron chi connectivity index (χ4n) is 2.86. The lowest BCUT2D eigenvalue weighted by Crippen LogP contribution is -2.53. The second-order valence-electron chi connectivity index (χ2n) is 5.80. The number of ketones is 2. The van der Waals surface area contributed by atoms with Crippen LogP contribution < -0.4 is 15.4 Å². The van der Waals surface area contributed by atoms with Crippen molar-refractivity contribution >= 4 is 29.1 Å². The zero-order chi connectivity index (χ0) is 18.1. The van der Waals surface area contributed by atoms with Crippen LogP contribution in [-0.4, -0.2) is 28.5 Å². The Balaban J connectivity index is 2.17. The first-order valence-corrected chi connectivity index (χ1v) is 7.72. The molecule has 1 unspecified atom stereocenters. The Kier molecular flexibility index (Phi) is 4.22. The van der Waals surface area contributed by atoms with Gasteiger partial charge in [0.2, 0.25) is 6.10 Å². The van der Waals surface area contributed by atoms with E-state index in [2.05, 4.69) is 4.98 Å². The van der Waals surface area contributed by atoms with E-state index in [1.165, 1.54) is 19.9 Å². The van der Waals surface area contributed by atoms with Crippen LogP contribution in [0.4, 0.5) is 11.6 Å². The van der Waals surface area contributed by atoms with Crippen LogP contribution in [0.2, 0.25) is 0 Å². The zero-order valence-corrected chi connectivity index (χ0v) is 13.8. The first kappa shape index (κ1) is 16.6. The van der Waals surface area contributed by atoms with E-state index in [1.807, 2.05) is 6.07 Å². The number of hydrogen-bond acceptors (Lipinski definition) is 6. The van der Waals surface area contributed by atoms with Gasteiger partial charge in [0, 0.05) is 5.56 Å². The van der Waals surface area contributed by atoms with Crippen LogP contribution in [0.25, 0.3) is 0 Å². The Morgan fingerprint density at radius 1 is 1.12 bits per heavy atom. The SMILES string of the molecule is CC(=O)C(C(C)=O)N1C(=O)C(c2ccccc2)Oc2ccc(N)nc21. The predicted molar refractivity (Wildman–Crippen MR) is 91.1 cm³/mol. The highest BCUT2D eigenvalue weighted by molar-refractivity contribution is 6.15. The molecule has 2 heterocycles. The van der Waals surface area contributed by atoms with Crippen molar-refractivity contribution in [3.8, 4) is 5.75 Å². The van der Waals surface area contributed by atoms with Crippen molar-refractivity contribution in [2.24, 2.45) is 0 Å². The number of pyridine rings is 1. The van der Waals surface area contributed by atoms with E-state index in [9.17, 15) is 14.4 Å². The molecule has 2 aromatic rings. The fraction of sp³-hybridized carbons (Fsp3) is 0.222. The van der Waals surface area contributed by atoms with E-state index in [4.69, 9.17) is 10.5 Å². The molecule has 1 aromatic carbocycles. The third-order valence-corrected chi connectivity index (χ3v) is 3.93. The summed E-state index contributed by atoms with van der Waals surface area (Å²) in [4.78, 5) is 42.4. The number of carbonyl (C=O) groups excluding carboxylic acids is 3. The number of fused-ring (bicyclic) bond motifs is 1. The number of nitrogen functional groups attached to an aromatic ring is 1. The van der Waals surface area contributed by atoms with Crippen molar-refractivity contribution in [2.75, 3.05) is 10.6 Å². The van der Waals surface area contributed by atoms with Gasteiger partial charge in [-0.05, 0) is 26.0 Å². The molecule has 128 valence electrons. The van der Waals surface area contributed by atoms with E-state index in [0.29, 0.717) is 5.56 Å². The van der Waals surface area contributed by atoms with Gasteiger partial charge in [0.15, 0.2) is 29.2 Å². The summed E-state index contributed by atoms with van der Waals surface area (Å²) in [5.41, 5.74) is 6.33. The minimum Gasteiger partial charge on any atom is -0.472 e. The number of anilines is 2. The maximum Gasteiger partial charge on any atom is 0.275 e. The number of ether oxygens (including phenoxy) is 1. The van der Waals surface area contributed by atoms with Crippen molar-refractivity contribution < 1.29 is 19.1 Å². The van der Waals surface area contributed by atoms with Crippen molar-refractivity contribution in [2.45, 2.75) is 26.0 Å². The average Bonchev–Trinajstić information content (AvgIpc) is 2.57. The summed E-state index contributed by atoms with van der Waals surface area (Å²) in [7, 11) is 0. The third-order valence-electron chi connectivity index (χ3n) is 3.93. The van der Waals surface area contributed by atoms with Gasteiger partial charge in [-0.2, -0.15) is 0 Å². The minimum atomic E-state index is -1.27. The van der Waals surface area contributed by atoms with Gasteiger partial charge in [-0.3, -0.25) is 19.3 Å². The Bertz CT molecular complexity index is 837. The van der Waals surface area contributed by atoms with Crippen LogP contribution in [-0.2, 0) is 14.4 Å². The molecule has 0 spiro atoms. The van der Waals surface area contributed by atoms with E-state index < -0.39 is 29.6 Å². The largest absolute Gasteiger partial charge is 0.472 e. The van der Waals surface area contributed by atoms with Crippen molar-refractivity contribution in [1.82, 2.24) is 4.98 Å². The minimum absolute atomic E-state index is 0.0765. The van der Waals surface area contributed by atoms with E-state index in [0.717, 1.165) is 4.90 Å². The van der Waals surface area contributed by atoms with E-state index in [1.54, 1.807) is 30.3 Å². The summed E-state index contributed by atoms with van der Waals surface area (Å²) in [5.74, 6) is -0.923. The summed E-state index contributed by atoms with van der Waals surface area (Å²) < 4.78 is 5.79. The molecule has 0 radical (unpaired) electrons. The average molecular weight is 339 g/mol. The van der Waals surface area contributed by atoms with Crippen molar-refractivity contribution in [3.63, 3.8) is 0 Å². The predicted octanol–water partition coefficient (Wildman–Crippen LogP) is 1.68. The molecule has 0 fully saturated rings. The van der Waals surface area contributed by atoms with Crippen LogP contribution in [0.5, 0.6) is 5.75 Å². The molecule has 3 rings (SSSR count). The molecule has 25 heavy (non-hydrogen) atoms. The maximum absolute atomic E-state index is 13.1. The summed E-state index contributed by atoms with van der Waals surface area (Å²) in [6.45, 7) is 2.52. The van der Waals surface area contributed by atoms with E-state index in [-0.39, 0.29) is 17.4 Å². The molecule has 0 aliphatic carbocycles. The lowest BCUT2D eigenvalue weighted by atomic mass is 10.0. The number of rotatable bonds is 4. The number of carbonyl (C=O) groups is 3. The van der Waals surface area contributed by atoms with Gasteiger partial charge < -0.3 is 10.5 Å². The second kappa shape index (κ2) is 6.35. The molecule has 2 N–H and O–H groups in total. The highest BCUT2D eigenvalue weighted by Crippen LogP contribution is 2.39. The Labute approximate surface area is 144 Å². The Morgan fingerprint density at radius 2 is 1.76 bits per heavy atom. The van der Waals surface area contributed by atoms with Crippen LogP contribution in [0.3, 0.4) is 0 Å². The zero-order valence-electron chi connectivity index (χ0n) is 13.8. The quantitative estimate of drug-likeness (QED) is 0.850. The summed E-state index contributed by atoms with van der Waals surface area (Å²) in [5, 5.41) is 0. The van der Waals surface area contributed by atoms with E-state index >= 15 is 0 Å². The topological polar surface area (TPSA) is 103 Å². The van der Waals surface area contributed by atoms with Gasteiger partial charge in [-0.15, -0.1) is 0 Å². The van der Waals surface area contributed by atoms with Gasteiger partial charge >= 0.3 is 0 Å². The van der Waals surface area contributed by atoms with Gasteiger partial charge in [-0.1, -0.05) is 30.3 Å². The van der Waals surface area contributed by atoms with Crippen molar-refractivity contribution in [3.05, 3.63) is 48.0 Å². The molecule has 1 aromatic heterocycles. The third kappa shape index (κ3) is 2.96. The molecule has 1 aliphatic heterocycles. The first-order valence-electron chi connectivity index (χ1n) is 7.72. The lowest BCUT2D eigenvalue weighted by molar-refractivity contribution is -0.134. The number of benzene rings is 1. The number of aromatic nitrogens is 1. The van der Waals surface area contributed by atoms with Gasteiger partial charge in [0.25, 0.3) is 5.91 Å². The first-order chi connectivity index (χ1) is 11.9. The highest BCUT2D eigenvalue weighted by Gasteiger charge is 2.43.